The van der Waals surface area contributed by atoms with Crippen molar-refractivity contribution < 1.29 is 47.5 Å². The second-order valence-corrected chi connectivity index (χ2v) is 6.10. The Hall–Kier alpha value is -3.82. The average Bonchev–Trinajstić information content (AvgIpc) is 2.83. The molecule has 0 saturated carbocycles. The van der Waals surface area contributed by atoms with E-state index in [1.165, 1.54) is 66.9 Å². The third-order valence-electron chi connectivity index (χ3n) is 4.35. The van der Waals surface area contributed by atoms with Crippen molar-refractivity contribution in [2.45, 2.75) is 0 Å². The van der Waals surface area contributed by atoms with Crippen LogP contribution in [0.3, 0.4) is 0 Å². The molecule has 10 heteroatoms. The van der Waals surface area contributed by atoms with E-state index in [1.807, 2.05) is 0 Å². The maximum absolute atomic E-state index is 12.4. The molecule has 0 aliphatic carbocycles. The second kappa shape index (κ2) is 11.5. The van der Waals surface area contributed by atoms with Crippen molar-refractivity contribution in [2.24, 2.45) is 0 Å². The van der Waals surface area contributed by atoms with Crippen LogP contribution in [0.25, 0.3) is 0 Å². The van der Waals surface area contributed by atoms with Crippen LogP contribution in [0.1, 0.15) is 20.7 Å². The first-order valence-corrected chi connectivity index (χ1v) is 9.38. The summed E-state index contributed by atoms with van der Waals surface area (Å²) in [6, 6.07) is 5.86. The van der Waals surface area contributed by atoms with Gasteiger partial charge in [0.15, 0.2) is 23.0 Å². The molecule has 0 unspecified atom stereocenters. The third kappa shape index (κ3) is 5.45. The molecule has 0 saturated heterocycles. The predicted octanol–water partition coefficient (Wildman–Crippen LogP) is 2.75. The molecule has 32 heavy (non-hydrogen) atoms. The third-order valence-corrected chi connectivity index (χ3v) is 4.35. The fraction of sp³-hybridized carbons (Fsp3) is 0.364. The molecule has 10 nitrogen and oxygen atoms in total. The summed E-state index contributed by atoms with van der Waals surface area (Å²) in [5, 5.41) is 0. The monoisotopic (exact) mass is 450 g/mol. The molecule has 0 atom stereocenters. The van der Waals surface area contributed by atoms with E-state index in [-0.39, 0.29) is 24.3 Å². The molecule has 0 bridgehead atoms. The Bertz CT molecular complexity index is 826. The van der Waals surface area contributed by atoms with Crippen molar-refractivity contribution in [3.8, 4) is 34.5 Å². The summed E-state index contributed by atoms with van der Waals surface area (Å²) in [6.07, 6.45) is 0. The molecule has 0 heterocycles. The van der Waals surface area contributed by atoms with Gasteiger partial charge in [0, 0.05) is 0 Å². The van der Waals surface area contributed by atoms with E-state index in [2.05, 4.69) is 0 Å². The molecule has 0 fully saturated rings. The number of carbonyl (C=O) groups excluding carboxylic acids is 2. The van der Waals surface area contributed by atoms with E-state index < -0.39 is 11.9 Å². The van der Waals surface area contributed by atoms with Gasteiger partial charge in [-0.25, -0.2) is 9.59 Å². The summed E-state index contributed by atoms with van der Waals surface area (Å²) >= 11 is 0. The minimum atomic E-state index is -0.645. The summed E-state index contributed by atoms with van der Waals surface area (Å²) in [6.45, 7) is -0.322. The Morgan fingerprint density at radius 1 is 0.531 bits per heavy atom. The molecule has 0 amide bonds. The van der Waals surface area contributed by atoms with Crippen LogP contribution >= 0.6 is 0 Å². The van der Waals surface area contributed by atoms with Gasteiger partial charge in [0.1, 0.15) is 13.2 Å². The zero-order valence-corrected chi connectivity index (χ0v) is 18.8. The molecule has 0 N–H and O–H groups in total. The van der Waals surface area contributed by atoms with Gasteiger partial charge in [0.05, 0.1) is 53.8 Å². The van der Waals surface area contributed by atoms with Gasteiger partial charge in [-0.15, -0.1) is 0 Å². The highest BCUT2D eigenvalue weighted by molar-refractivity contribution is 5.92. The first kappa shape index (κ1) is 24.4. The largest absolute Gasteiger partial charge is 0.493 e. The van der Waals surface area contributed by atoms with E-state index in [0.29, 0.717) is 34.5 Å². The van der Waals surface area contributed by atoms with Crippen molar-refractivity contribution in [3.05, 3.63) is 35.4 Å². The van der Waals surface area contributed by atoms with Crippen LogP contribution in [0.4, 0.5) is 0 Å². The quantitative estimate of drug-likeness (QED) is 0.374. The molecular weight excluding hydrogens is 424 g/mol. The first-order chi connectivity index (χ1) is 15.4. The molecule has 2 aromatic carbocycles. The molecule has 0 spiro atoms. The number of rotatable bonds is 11. The number of ether oxygens (including phenoxy) is 8. The minimum absolute atomic E-state index is 0.161. The lowest BCUT2D eigenvalue weighted by molar-refractivity contribution is 0.0265. The van der Waals surface area contributed by atoms with Gasteiger partial charge in [-0.3, -0.25) is 0 Å². The lowest BCUT2D eigenvalue weighted by atomic mass is 10.2. The van der Waals surface area contributed by atoms with Gasteiger partial charge in [-0.2, -0.15) is 0 Å². The van der Waals surface area contributed by atoms with E-state index >= 15 is 0 Å². The van der Waals surface area contributed by atoms with Crippen molar-refractivity contribution in [1.82, 2.24) is 0 Å². The SMILES string of the molecule is COc1cc(C(=O)OCCOC(=O)c2cc(OC)c(OC)c(OC)c2)cc(OC)c1OC. The summed E-state index contributed by atoms with van der Waals surface area (Å²) < 4.78 is 41.7. The maximum atomic E-state index is 12.4. The topological polar surface area (TPSA) is 108 Å². The van der Waals surface area contributed by atoms with Crippen molar-refractivity contribution in [3.63, 3.8) is 0 Å². The van der Waals surface area contributed by atoms with Gasteiger partial charge < -0.3 is 37.9 Å². The van der Waals surface area contributed by atoms with E-state index in [0.717, 1.165) is 0 Å². The highest BCUT2D eigenvalue weighted by Crippen LogP contribution is 2.39. The van der Waals surface area contributed by atoms with E-state index in [4.69, 9.17) is 37.9 Å². The number of esters is 2. The molecule has 2 rings (SSSR count). The minimum Gasteiger partial charge on any atom is -0.493 e. The van der Waals surface area contributed by atoms with Crippen LogP contribution in [0.5, 0.6) is 34.5 Å². The van der Waals surface area contributed by atoms with Crippen molar-refractivity contribution in [2.75, 3.05) is 55.9 Å². The summed E-state index contributed by atoms with van der Waals surface area (Å²) in [4.78, 5) is 24.7. The Balaban J connectivity index is 2.00. The van der Waals surface area contributed by atoms with Gasteiger partial charge >= 0.3 is 11.9 Å². The van der Waals surface area contributed by atoms with E-state index in [1.54, 1.807) is 0 Å². The van der Waals surface area contributed by atoms with Crippen LogP contribution in [0.15, 0.2) is 24.3 Å². The lowest BCUT2D eigenvalue weighted by Gasteiger charge is -2.14. The van der Waals surface area contributed by atoms with Crippen LogP contribution in [0.2, 0.25) is 0 Å². The summed E-state index contributed by atoms with van der Waals surface area (Å²) in [5.41, 5.74) is 0.380. The fourth-order valence-corrected chi connectivity index (χ4v) is 2.83. The Labute approximate surface area is 185 Å². The second-order valence-electron chi connectivity index (χ2n) is 6.10. The van der Waals surface area contributed by atoms with Crippen LogP contribution in [-0.4, -0.2) is 67.8 Å². The molecule has 2 aromatic rings. The van der Waals surface area contributed by atoms with Crippen LogP contribution in [-0.2, 0) is 9.47 Å². The van der Waals surface area contributed by atoms with Crippen LogP contribution in [0, 0.1) is 0 Å². The number of hydrogen-bond donors (Lipinski definition) is 0. The normalized spacial score (nSPS) is 10.1. The highest BCUT2D eigenvalue weighted by atomic mass is 16.6. The lowest BCUT2D eigenvalue weighted by Crippen LogP contribution is -2.14. The van der Waals surface area contributed by atoms with Crippen LogP contribution < -0.4 is 28.4 Å². The number of hydrogen-bond acceptors (Lipinski definition) is 10. The van der Waals surface area contributed by atoms with Crippen molar-refractivity contribution in [1.29, 1.82) is 0 Å². The summed E-state index contributed by atoms with van der Waals surface area (Å²) in [7, 11) is 8.68. The zero-order chi connectivity index (χ0) is 23.7. The predicted molar refractivity (Wildman–Crippen MR) is 113 cm³/mol. The molecular formula is C22H26O10. The highest BCUT2D eigenvalue weighted by Gasteiger charge is 2.19. The van der Waals surface area contributed by atoms with Gasteiger partial charge in [-0.05, 0) is 24.3 Å². The molecule has 0 radical (unpaired) electrons. The maximum Gasteiger partial charge on any atom is 0.338 e. The van der Waals surface area contributed by atoms with Gasteiger partial charge in [-0.1, -0.05) is 0 Å². The molecule has 0 aliphatic heterocycles. The summed E-state index contributed by atoms with van der Waals surface area (Å²) in [5.74, 6) is 0.665. The standard InChI is InChI=1S/C22H26O10/c1-25-15-9-13(10-16(26-2)19(15)29-5)21(23)31-7-8-32-22(24)14-11-17(27-3)20(30-6)18(12-14)28-4/h9-12H,7-8H2,1-6H3. The Kier molecular flexibility index (Phi) is 8.82. The molecule has 0 aromatic heterocycles. The Morgan fingerprint density at radius 2 is 0.812 bits per heavy atom. The molecule has 0 aliphatic rings. The average molecular weight is 450 g/mol. The van der Waals surface area contributed by atoms with Gasteiger partial charge in [0.2, 0.25) is 11.5 Å². The fourth-order valence-electron chi connectivity index (χ4n) is 2.83. The number of methoxy groups -OCH3 is 6. The Morgan fingerprint density at radius 3 is 1.03 bits per heavy atom. The van der Waals surface area contributed by atoms with Crippen molar-refractivity contribution >= 4 is 11.9 Å². The number of benzene rings is 2. The van der Waals surface area contributed by atoms with E-state index in [9.17, 15) is 9.59 Å². The molecule has 174 valence electrons. The smallest absolute Gasteiger partial charge is 0.338 e. The zero-order valence-electron chi connectivity index (χ0n) is 18.8. The first-order valence-electron chi connectivity index (χ1n) is 9.38. The number of carbonyl (C=O) groups is 2. The van der Waals surface area contributed by atoms with Gasteiger partial charge in [0.25, 0.3) is 0 Å².